The van der Waals surface area contributed by atoms with Gasteiger partial charge in [0.2, 0.25) is 11.9 Å². The van der Waals surface area contributed by atoms with Gasteiger partial charge in [0, 0.05) is 19.8 Å². The number of anilines is 3. The van der Waals surface area contributed by atoms with Gasteiger partial charge in [0.05, 0.1) is 0 Å². The topological polar surface area (TPSA) is 53.9 Å². The molecule has 0 radical (unpaired) electrons. The van der Waals surface area contributed by atoms with Crippen LogP contribution in [0.4, 0.5) is 17.6 Å². The monoisotopic (exact) mass is 255 g/mol. The SMILES string of the molecule is C=C(C)c1nc(Nc2ccccc2)nc(N(C)C)n1. The largest absolute Gasteiger partial charge is 0.347 e. The van der Waals surface area contributed by atoms with Crippen LogP contribution in [0.2, 0.25) is 0 Å². The van der Waals surface area contributed by atoms with Crippen molar-refractivity contribution in [2.45, 2.75) is 6.92 Å². The van der Waals surface area contributed by atoms with Crippen LogP contribution in [-0.2, 0) is 0 Å². The van der Waals surface area contributed by atoms with E-state index >= 15 is 0 Å². The van der Waals surface area contributed by atoms with E-state index < -0.39 is 0 Å². The molecule has 0 atom stereocenters. The van der Waals surface area contributed by atoms with E-state index in [-0.39, 0.29) is 0 Å². The maximum absolute atomic E-state index is 4.36. The first-order chi connectivity index (χ1) is 9.06. The van der Waals surface area contributed by atoms with Gasteiger partial charge < -0.3 is 10.2 Å². The Balaban J connectivity index is 2.36. The van der Waals surface area contributed by atoms with E-state index in [0.717, 1.165) is 11.3 Å². The van der Waals surface area contributed by atoms with Crippen LogP contribution in [0.15, 0.2) is 36.9 Å². The molecule has 1 heterocycles. The fourth-order valence-corrected chi connectivity index (χ4v) is 1.46. The first-order valence-corrected chi connectivity index (χ1v) is 5.97. The summed E-state index contributed by atoms with van der Waals surface area (Å²) in [5.41, 5.74) is 1.74. The molecule has 0 saturated heterocycles. The highest BCUT2D eigenvalue weighted by Crippen LogP contribution is 2.17. The molecule has 0 saturated carbocycles. The first-order valence-electron chi connectivity index (χ1n) is 5.97. The summed E-state index contributed by atoms with van der Waals surface area (Å²) in [6.45, 7) is 5.75. The van der Waals surface area contributed by atoms with E-state index in [0.29, 0.717) is 17.7 Å². The molecular formula is C14H17N5. The molecule has 0 aliphatic rings. The Morgan fingerprint density at radius 3 is 2.37 bits per heavy atom. The van der Waals surface area contributed by atoms with Crippen LogP contribution in [0.3, 0.4) is 0 Å². The lowest BCUT2D eigenvalue weighted by Gasteiger charge is -2.13. The summed E-state index contributed by atoms with van der Waals surface area (Å²) in [5.74, 6) is 1.71. The Kier molecular flexibility index (Phi) is 3.75. The number of aromatic nitrogens is 3. The van der Waals surface area contributed by atoms with Crippen molar-refractivity contribution in [1.29, 1.82) is 0 Å². The van der Waals surface area contributed by atoms with Crippen molar-refractivity contribution in [3.63, 3.8) is 0 Å². The fourth-order valence-electron chi connectivity index (χ4n) is 1.46. The van der Waals surface area contributed by atoms with Gasteiger partial charge in [0.25, 0.3) is 0 Å². The smallest absolute Gasteiger partial charge is 0.232 e. The van der Waals surface area contributed by atoms with Gasteiger partial charge in [-0.05, 0) is 24.6 Å². The van der Waals surface area contributed by atoms with Crippen molar-refractivity contribution in [1.82, 2.24) is 15.0 Å². The third-order valence-corrected chi connectivity index (χ3v) is 2.44. The molecule has 1 N–H and O–H groups in total. The van der Waals surface area contributed by atoms with E-state index in [1.54, 1.807) is 0 Å². The minimum atomic E-state index is 0.517. The summed E-state index contributed by atoms with van der Waals surface area (Å²) >= 11 is 0. The highest BCUT2D eigenvalue weighted by Gasteiger charge is 2.08. The van der Waals surface area contributed by atoms with Crippen molar-refractivity contribution in [2.24, 2.45) is 0 Å². The molecule has 0 amide bonds. The lowest BCUT2D eigenvalue weighted by Crippen LogP contribution is -2.15. The second kappa shape index (κ2) is 5.48. The van der Waals surface area contributed by atoms with E-state index in [9.17, 15) is 0 Å². The number of hydrogen-bond acceptors (Lipinski definition) is 5. The molecule has 0 fully saturated rings. The quantitative estimate of drug-likeness (QED) is 0.910. The molecule has 5 heteroatoms. The Bertz CT molecular complexity index is 578. The fraction of sp³-hybridized carbons (Fsp3) is 0.214. The highest BCUT2D eigenvalue weighted by atomic mass is 15.3. The van der Waals surface area contributed by atoms with Crippen molar-refractivity contribution < 1.29 is 0 Å². The van der Waals surface area contributed by atoms with Gasteiger partial charge in [-0.3, -0.25) is 0 Å². The molecule has 1 aromatic heterocycles. The maximum atomic E-state index is 4.36. The van der Waals surface area contributed by atoms with Gasteiger partial charge >= 0.3 is 0 Å². The summed E-state index contributed by atoms with van der Waals surface area (Å²) in [6.07, 6.45) is 0. The minimum Gasteiger partial charge on any atom is -0.347 e. The molecule has 0 aliphatic heterocycles. The van der Waals surface area contributed by atoms with Crippen LogP contribution in [0, 0.1) is 0 Å². The summed E-state index contributed by atoms with van der Waals surface area (Å²) in [7, 11) is 3.79. The first kappa shape index (κ1) is 13.0. The molecular weight excluding hydrogens is 238 g/mol. The van der Waals surface area contributed by atoms with Crippen molar-refractivity contribution in [3.8, 4) is 0 Å². The van der Waals surface area contributed by atoms with Gasteiger partial charge in [-0.15, -0.1) is 0 Å². The second-order valence-corrected chi connectivity index (χ2v) is 4.45. The zero-order valence-corrected chi connectivity index (χ0v) is 11.4. The number of para-hydroxylation sites is 1. The number of rotatable bonds is 4. The van der Waals surface area contributed by atoms with Crippen LogP contribution < -0.4 is 10.2 Å². The van der Waals surface area contributed by atoms with E-state index in [1.807, 2.05) is 56.3 Å². The molecule has 2 rings (SSSR count). The predicted molar refractivity (Wildman–Crippen MR) is 78.6 cm³/mol. The molecule has 0 bridgehead atoms. The Morgan fingerprint density at radius 2 is 1.79 bits per heavy atom. The van der Waals surface area contributed by atoms with E-state index in [2.05, 4.69) is 26.8 Å². The average molecular weight is 255 g/mol. The van der Waals surface area contributed by atoms with Crippen molar-refractivity contribution in [2.75, 3.05) is 24.3 Å². The Morgan fingerprint density at radius 1 is 1.11 bits per heavy atom. The molecule has 5 nitrogen and oxygen atoms in total. The number of benzene rings is 1. The molecule has 98 valence electrons. The summed E-state index contributed by atoms with van der Waals surface area (Å²) in [6, 6.07) is 9.79. The van der Waals surface area contributed by atoms with Crippen LogP contribution >= 0.6 is 0 Å². The molecule has 1 aromatic carbocycles. The Hall–Kier alpha value is -2.43. The zero-order valence-electron chi connectivity index (χ0n) is 11.4. The minimum absolute atomic E-state index is 0.517. The zero-order chi connectivity index (χ0) is 13.8. The standard InChI is InChI=1S/C14H17N5/c1-10(2)12-16-13(18-14(17-12)19(3)4)15-11-8-6-5-7-9-11/h5-9H,1H2,2-4H3,(H,15,16,17,18). The summed E-state index contributed by atoms with van der Waals surface area (Å²) in [4.78, 5) is 14.9. The van der Waals surface area contributed by atoms with Gasteiger partial charge in [0.1, 0.15) is 0 Å². The van der Waals surface area contributed by atoms with Crippen molar-refractivity contribution >= 4 is 23.2 Å². The maximum Gasteiger partial charge on any atom is 0.232 e. The molecule has 0 aliphatic carbocycles. The third-order valence-electron chi connectivity index (χ3n) is 2.44. The lowest BCUT2D eigenvalue weighted by atomic mass is 10.3. The normalized spacial score (nSPS) is 10.1. The van der Waals surface area contributed by atoms with Crippen LogP contribution in [-0.4, -0.2) is 29.0 Å². The predicted octanol–water partition coefficient (Wildman–Crippen LogP) is 2.71. The van der Waals surface area contributed by atoms with Crippen molar-refractivity contribution in [3.05, 3.63) is 42.7 Å². The van der Waals surface area contributed by atoms with Gasteiger partial charge in [-0.25, -0.2) is 0 Å². The molecule has 0 spiro atoms. The molecule has 19 heavy (non-hydrogen) atoms. The number of allylic oxidation sites excluding steroid dienone is 1. The van der Waals surface area contributed by atoms with Crippen LogP contribution in [0.1, 0.15) is 12.7 Å². The van der Waals surface area contributed by atoms with Gasteiger partial charge in [-0.1, -0.05) is 24.8 Å². The second-order valence-electron chi connectivity index (χ2n) is 4.45. The van der Waals surface area contributed by atoms with E-state index in [1.165, 1.54) is 0 Å². The summed E-state index contributed by atoms with van der Waals surface area (Å²) < 4.78 is 0. The van der Waals surface area contributed by atoms with Gasteiger partial charge in [-0.2, -0.15) is 15.0 Å². The van der Waals surface area contributed by atoms with E-state index in [4.69, 9.17) is 0 Å². The lowest BCUT2D eigenvalue weighted by molar-refractivity contribution is 0.945. The third kappa shape index (κ3) is 3.28. The summed E-state index contributed by atoms with van der Waals surface area (Å²) in [5, 5.41) is 3.16. The van der Waals surface area contributed by atoms with Gasteiger partial charge in [0.15, 0.2) is 5.82 Å². The number of hydrogen-bond donors (Lipinski definition) is 1. The van der Waals surface area contributed by atoms with Crippen LogP contribution in [0.5, 0.6) is 0 Å². The molecule has 0 unspecified atom stereocenters. The number of nitrogens with zero attached hydrogens (tertiary/aromatic N) is 4. The molecule has 2 aromatic rings. The number of nitrogens with one attached hydrogen (secondary N) is 1. The van der Waals surface area contributed by atoms with Crippen LogP contribution in [0.25, 0.3) is 5.57 Å². The average Bonchev–Trinajstić information content (AvgIpc) is 2.39. The Labute approximate surface area is 113 Å². The highest BCUT2D eigenvalue weighted by molar-refractivity contribution is 5.59.